The van der Waals surface area contributed by atoms with Gasteiger partial charge in [-0.1, -0.05) is 34.1 Å². The van der Waals surface area contributed by atoms with Crippen LogP contribution in [0.15, 0.2) is 11.0 Å². The van der Waals surface area contributed by atoms with Gasteiger partial charge in [0.1, 0.15) is 11.9 Å². The second-order valence-corrected chi connectivity index (χ2v) is 11.7. The molecule has 3 rings (SSSR count). The number of carbonyl (C=O) groups excluding carboxylic acids is 2. The third kappa shape index (κ3) is 7.59. The van der Waals surface area contributed by atoms with Crippen LogP contribution in [-0.4, -0.2) is 57.5 Å². The highest BCUT2D eigenvalue weighted by atomic mass is 35.5. The number of aryl methyl sites for hydroxylation is 1. The van der Waals surface area contributed by atoms with E-state index in [1.165, 1.54) is 0 Å². The molecule has 2 aliphatic heterocycles. The first-order valence-corrected chi connectivity index (χ1v) is 13.1. The Morgan fingerprint density at radius 1 is 1.20 bits per heavy atom. The summed E-state index contributed by atoms with van der Waals surface area (Å²) in [5.41, 5.74) is 0.494. The number of nitrogens with zero attached hydrogens (tertiary/aromatic N) is 1. The van der Waals surface area contributed by atoms with E-state index in [1.807, 2.05) is 32.2 Å². The van der Waals surface area contributed by atoms with Gasteiger partial charge < -0.3 is 19.7 Å². The number of fused-ring (bicyclic) bond motifs is 1. The predicted molar refractivity (Wildman–Crippen MR) is 139 cm³/mol. The van der Waals surface area contributed by atoms with Crippen molar-refractivity contribution in [2.24, 2.45) is 17.3 Å². The SMILES string of the molecule is CC(=Cc1csc(C)n1)[C@@H]1C[C@@H]2O[C@@H]2CCC[C@H](C)[C@H](O)[C@@H](C)C(=O)C(C)(C)[C@@H](O)CC(=O)O1.Cl. The van der Waals surface area contributed by atoms with Crippen molar-refractivity contribution in [3.8, 4) is 0 Å². The Morgan fingerprint density at radius 2 is 1.89 bits per heavy atom. The van der Waals surface area contributed by atoms with Gasteiger partial charge in [-0.15, -0.1) is 23.7 Å². The van der Waals surface area contributed by atoms with E-state index in [0.717, 1.165) is 35.5 Å². The molecule has 0 radical (unpaired) electrons. The van der Waals surface area contributed by atoms with Gasteiger partial charge in [0.05, 0.1) is 47.0 Å². The number of rotatable bonds is 2. The summed E-state index contributed by atoms with van der Waals surface area (Å²) in [7, 11) is 0. The number of hydrogen-bond acceptors (Lipinski definition) is 8. The predicted octanol–water partition coefficient (Wildman–Crippen LogP) is 4.51. The van der Waals surface area contributed by atoms with Gasteiger partial charge in [-0.25, -0.2) is 4.98 Å². The largest absolute Gasteiger partial charge is 0.458 e. The van der Waals surface area contributed by atoms with Crippen molar-refractivity contribution in [1.29, 1.82) is 0 Å². The Morgan fingerprint density at radius 3 is 2.51 bits per heavy atom. The number of carbonyl (C=O) groups is 2. The lowest BCUT2D eigenvalue weighted by Crippen LogP contribution is -2.45. The summed E-state index contributed by atoms with van der Waals surface area (Å²) < 4.78 is 11.7. The Bertz CT molecular complexity index is 915. The van der Waals surface area contributed by atoms with Crippen molar-refractivity contribution in [2.45, 2.75) is 104 Å². The maximum Gasteiger partial charge on any atom is 0.309 e. The van der Waals surface area contributed by atoms with Gasteiger partial charge in [0.25, 0.3) is 0 Å². The first-order chi connectivity index (χ1) is 15.9. The highest BCUT2D eigenvalue weighted by molar-refractivity contribution is 7.09. The number of ether oxygens (including phenoxy) is 2. The Hall–Kier alpha value is -1.32. The number of aliphatic hydroxyl groups excluding tert-OH is 2. The molecule has 1 aromatic rings. The van der Waals surface area contributed by atoms with Crippen LogP contribution in [0.25, 0.3) is 6.08 Å². The molecule has 0 unspecified atom stereocenters. The molecule has 3 heterocycles. The molecule has 35 heavy (non-hydrogen) atoms. The molecule has 9 heteroatoms. The average Bonchev–Trinajstić information content (AvgIpc) is 3.38. The molecule has 7 atom stereocenters. The van der Waals surface area contributed by atoms with Crippen LogP contribution in [0.2, 0.25) is 0 Å². The number of aliphatic hydroxyl groups is 2. The molecule has 0 amide bonds. The number of halogens is 1. The van der Waals surface area contributed by atoms with Crippen molar-refractivity contribution < 1.29 is 29.3 Å². The quantitative estimate of drug-likeness (QED) is 0.428. The minimum Gasteiger partial charge on any atom is -0.458 e. The minimum atomic E-state index is -1.22. The lowest BCUT2D eigenvalue weighted by Gasteiger charge is -2.34. The molecular weight excluding hydrogens is 490 g/mol. The highest BCUT2D eigenvalue weighted by Crippen LogP contribution is 2.36. The number of ketones is 1. The van der Waals surface area contributed by atoms with Gasteiger partial charge in [-0.3, -0.25) is 9.59 Å². The summed E-state index contributed by atoms with van der Waals surface area (Å²) >= 11 is 1.56. The lowest BCUT2D eigenvalue weighted by atomic mass is 9.73. The number of aromatic nitrogens is 1. The normalized spacial score (nSPS) is 35.0. The maximum atomic E-state index is 13.2. The van der Waals surface area contributed by atoms with Crippen LogP contribution < -0.4 is 0 Å². The Kier molecular flexibility index (Phi) is 10.5. The third-order valence-electron chi connectivity index (χ3n) is 7.41. The van der Waals surface area contributed by atoms with E-state index >= 15 is 0 Å². The Labute approximate surface area is 218 Å². The number of cyclic esters (lactones) is 1. The van der Waals surface area contributed by atoms with E-state index < -0.39 is 35.6 Å². The van der Waals surface area contributed by atoms with E-state index in [4.69, 9.17) is 9.47 Å². The van der Waals surface area contributed by atoms with Gasteiger partial charge >= 0.3 is 5.97 Å². The minimum absolute atomic E-state index is 0. The molecule has 1 aromatic heterocycles. The standard InChI is InChI=1S/C26H39NO6S.ClH/c1-14-8-7-9-19-21(32-19)11-20(15(2)10-18-13-34-17(4)27-18)33-23(29)12-22(28)26(5,6)25(31)16(3)24(14)30;/h10,13-14,16,19-22,24,28,30H,7-9,11-12H2,1-6H3;1H/t14-,16+,19+,20-,21-,22-,24-;/m0./s1. The molecule has 2 aliphatic rings. The monoisotopic (exact) mass is 529 g/mol. The van der Waals surface area contributed by atoms with Crippen molar-refractivity contribution in [2.75, 3.05) is 0 Å². The van der Waals surface area contributed by atoms with Crippen LogP contribution in [0.3, 0.4) is 0 Å². The number of hydrogen-bond donors (Lipinski definition) is 2. The van der Waals surface area contributed by atoms with Crippen LogP contribution in [0.5, 0.6) is 0 Å². The Balaban J connectivity index is 0.00000432. The van der Waals surface area contributed by atoms with Gasteiger partial charge in [0.15, 0.2) is 0 Å². The molecule has 0 aliphatic carbocycles. The van der Waals surface area contributed by atoms with E-state index in [2.05, 4.69) is 4.98 Å². The highest BCUT2D eigenvalue weighted by Gasteiger charge is 2.44. The zero-order chi connectivity index (χ0) is 25.2. The van der Waals surface area contributed by atoms with Gasteiger partial charge in [-0.2, -0.15) is 0 Å². The molecule has 0 spiro atoms. The van der Waals surface area contributed by atoms with Crippen LogP contribution >= 0.6 is 23.7 Å². The second-order valence-electron chi connectivity index (χ2n) is 10.6. The second kappa shape index (κ2) is 12.3. The first-order valence-electron chi connectivity index (χ1n) is 12.3. The van der Waals surface area contributed by atoms with E-state index in [0.29, 0.717) is 6.42 Å². The number of esters is 1. The fraction of sp³-hybridized carbons (Fsp3) is 0.731. The van der Waals surface area contributed by atoms with Gasteiger partial charge in [0.2, 0.25) is 0 Å². The van der Waals surface area contributed by atoms with E-state index in [9.17, 15) is 19.8 Å². The van der Waals surface area contributed by atoms with Crippen LogP contribution in [0, 0.1) is 24.2 Å². The van der Waals surface area contributed by atoms with Gasteiger partial charge in [0, 0.05) is 17.7 Å². The van der Waals surface area contributed by atoms with Crippen LogP contribution in [0.4, 0.5) is 0 Å². The number of epoxide rings is 1. The van der Waals surface area contributed by atoms with Crippen LogP contribution in [-0.2, 0) is 19.1 Å². The average molecular weight is 530 g/mol. The molecule has 2 N–H and O–H groups in total. The number of Topliss-reactive ketones (excluding diaryl/α,β-unsaturated/α-hetero) is 1. The zero-order valence-corrected chi connectivity index (χ0v) is 23.2. The molecule has 7 nitrogen and oxygen atoms in total. The summed E-state index contributed by atoms with van der Waals surface area (Å²) in [6, 6.07) is 0. The molecule has 0 bridgehead atoms. The summed E-state index contributed by atoms with van der Waals surface area (Å²) in [5, 5.41) is 24.5. The maximum absolute atomic E-state index is 13.2. The smallest absolute Gasteiger partial charge is 0.309 e. The van der Waals surface area contributed by atoms with Crippen LogP contribution in [0.1, 0.15) is 77.4 Å². The van der Waals surface area contributed by atoms with Crippen molar-refractivity contribution in [3.05, 3.63) is 21.7 Å². The van der Waals surface area contributed by atoms with E-state index in [1.54, 1.807) is 32.1 Å². The summed E-state index contributed by atoms with van der Waals surface area (Å²) in [5.74, 6) is -1.52. The van der Waals surface area contributed by atoms with Crippen molar-refractivity contribution in [3.63, 3.8) is 0 Å². The first kappa shape index (κ1) is 29.9. The molecular formula is C26H40ClNO6S. The molecule has 2 saturated heterocycles. The van der Waals surface area contributed by atoms with Crippen molar-refractivity contribution >= 4 is 41.6 Å². The molecule has 0 aromatic carbocycles. The number of thiazole rings is 1. The van der Waals surface area contributed by atoms with Crippen molar-refractivity contribution in [1.82, 2.24) is 4.98 Å². The molecule has 0 saturated carbocycles. The van der Waals surface area contributed by atoms with E-state index in [-0.39, 0.29) is 42.7 Å². The fourth-order valence-electron chi connectivity index (χ4n) is 4.78. The molecule has 2 fully saturated rings. The molecule has 198 valence electrons. The topological polar surface area (TPSA) is 109 Å². The zero-order valence-electron chi connectivity index (χ0n) is 21.5. The fourth-order valence-corrected chi connectivity index (χ4v) is 5.35. The third-order valence-corrected chi connectivity index (χ3v) is 8.20. The summed E-state index contributed by atoms with van der Waals surface area (Å²) in [4.78, 5) is 30.5. The lowest BCUT2D eigenvalue weighted by molar-refractivity contribution is -0.154. The summed E-state index contributed by atoms with van der Waals surface area (Å²) in [6.07, 6.45) is 2.28. The van der Waals surface area contributed by atoms with Gasteiger partial charge in [-0.05, 0) is 44.3 Å². The summed E-state index contributed by atoms with van der Waals surface area (Å²) in [6.45, 7) is 10.8.